The predicted octanol–water partition coefficient (Wildman–Crippen LogP) is 4.70. The number of aromatic nitrogens is 3. The molecule has 27 heavy (non-hydrogen) atoms. The number of benzene rings is 2. The Balaban J connectivity index is 1.98. The van der Waals surface area contributed by atoms with Crippen LogP contribution in [-0.2, 0) is 4.74 Å². The topological polar surface area (TPSA) is 67.9 Å². The molecule has 5 heteroatoms. The first kappa shape index (κ1) is 17.0. The summed E-state index contributed by atoms with van der Waals surface area (Å²) in [6.07, 6.45) is 0. The quantitative estimate of drug-likeness (QED) is 0.540. The maximum Gasteiger partial charge on any atom is 0.339 e. The molecule has 0 bridgehead atoms. The van der Waals surface area contributed by atoms with E-state index in [2.05, 4.69) is 4.98 Å². The van der Waals surface area contributed by atoms with Gasteiger partial charge in [-0.25, -0.2) is 9.78 Å². The highest BCUT2D eigenvalue weighted by Gasteiger charge is 2.19. The third-order valence-corrected chi connectivity index (χ3v) is 4.59. The van der Waals surface area contributed by atoms with Gasteiger partial charge in [-0.2, -0.15) is 0 Å². The molecule has 0 amide bonds. The molecule has 0 aliphatic rings. The summed E-state index contributed by atoms with van der Waals surface area (Å²) in [5.74, 6) is 0.261. The molecule has 0 atom stereocenters. The Labute approximate surface area is 157 Å². The number of methoxy groups -OCH3 is 1. The number of nitrogens with one attached hydrogen (secondary N) is 1. The Morgan fingerprint density at radius 1 is 1.00 bits per heavy atom. The maximum atomic E-state index is 12.2. The van der Waals surface area contributed by atoms with Gasteiger partial charge in [-0.3, -0.25) is 4.98 Å². The van der Waals surface area contributed by atoms with Crippen molar-refractivity contribution in [3.8, 4) is 22.6 Å². The summed E-state index contributed by atoms with van der Waals surface area (Å²) in [4.78, 5) is 24.9. The summed E-state index contributed by atoms with van der Waals surface area (Å²) < 4.78 is 4.92. The zero-order valence-corrected chi connectivity index (χ0v) is 15.4. The second-order valence-electron chi connectivity index (χ2n) is 6.48. The normalized spacial score (nSPS) is 10.9. The van der Waals surface area contributed by atoms with Gasteiger partial charge >= 0.3 is 5.97 Å². The van der Waals surface area contributed by atoms with E-state index in [1.165, 1.54) is 12.7 Å². The van der Waals surface area contributed by atoms with Crippen LogP contribution in [0.1, 0.15) is 21.6 Å². The highest BCUT2D eigenvalue weighted by Crippen LogP contribution is 2.32. The molecule has 134 valence electrons. The number of rotatable bonds is 3. The summed E-state index contributed by atoms with van der Waals surface area (Å²) in [7, 11) is 1.37. The molecule has 0 aliphatic carbocycles. The molecule has 4 rings (SSSR count). The molecule has 0 unspecified atom stereocenters. The number of para-hydroxylation sites is 2. The Morgan fingerprint density at radius 2 is 1.74 bits per heavy atom. The fourth-order valence-electron chi connectivity index (χ4n) is 3.11. The number of aromatic amines is 1. The summed E-state index contributed by atoms with van der Waals surface area (Å²) in [5.41, 5.74) is 6.54. The van der Waals surface area contributed by atoms with Gasteiger partial charge in [0.25, 0.3) is 0 Å². The van der Waals surface area contributed by atoms with E-state index in [0.29, 0.717) is 17.1 Å². The minimum absolute atomic E-state index is 0.409. The third-order valence-electron chi connectivity index (χ3n) is 4.59. The van der Waals surface area contributed by atoms with Gasteiger partial charge in [-0.1, -0.05) is 42.0 Å². The average molecular weight is 357 g/mol. The number of hydrogen-bond donors (Lipinski definition) is 1. The Bertz CT molecular complexity index is 1110. The third kappa shape index (κ3) is 3.08. The van der Waals surface area contributed by atoms with Crippen LogP contribution in [0.4, 0.5) is 0 Å². The van der Waals surface area contributed by atoms with E-state index in [-0.39, 0.29) is 0 Å². The first-order chi connectivity index (χ1) is 13.1. The van der Waals surface area contributed by atoms with Crippen LogP contribution in [0.3, 0.4) is 0 Å². The first-order valence-corrected chi connectivity index (χ1v) is 8.69. The van der Waals surface area contributed by atoms with Crippen LogP contribution in [-0.4, -0.2) is 28.0 Å². The zero-order chi connectivity index (χ0) is 19.0. The van der Waals surface area contributed by atoms with Crippen molar-refractivity contribution >= 4 is 17.0 Å². The van der Waals surface area contributed by atoms with Crippen molar-refractivity contribution < 1.29 is 9.53 Å². The summed E-state index contributed by atoms with van der Waals surface area (Å²) in [5, 5.41) is 0. The fraction of sp³-hybridized carbons (Fsp3) is 0.136. The molecule has 4 aromatic rings. The van der Waals surface area contributed by atoms with Gasteiger partial charge in [-0.05, 0) is 32.0 Å². The fourth-order valence-corrected chi connectivity index (χ4v) is 3.11. The molecule has 0 aliphatic heterocycles. The molecule has 0 saturated carbocycles. The van der Waals surface area contributed by atoms with E-state index in [9.17, 15) is 4.79 Å². The number of nitrogens with zero attached hydrogens (tertiary/aromatic N) is 2. The van der Waals surface area contributed by atoms with E-state index in [1.54, 1.807) is 6.07 Å². The number of fused-ring (bicyclic) bond motifs is 1. The number of imidazole rings is 1. The minimum atomic E-state index is -0.409. The number of pyridine rings is 1. The number of esters is 1. The second kappa shape index (κ2) is 6.68. The molecule has 0 spiro atoms. The van der Waals surface area contributed by atoms with Crippen LogP contribution in [0, 0.1) is 13.8 Å². The molecule has 2 aromatic carbocycles. The first-order valence-electron chi connectivity index (χ1n) is 8.69. The SMILES string of the molecule is COC(=O)c1cc(-c2nc3ccccc3[nH]2)c(-c2ccc(C)cc2)nc1C. The van der Waals surface area contributed by atoms with Crippen molar-refractivity contribution in [1.82, 2.24) is 15.0 Å². The summed E-state index contributed by atoms with van der Waals surface area (Å²) in [6.45, 7) is 3.86. The number of aryl methyl sites for hydroxylation is 2. The van der Waals surface area contributed by atoms with Gasteiger partial charge in [0, 0.05) is 11.1 Å². The van der Waals surface area contributed by atoms with E-state index in [4.69, 9.17) is 14.7 Å². The lowest BCUT2D eigenvalue weighted by Gasteiger charge is -2.12. The lowest BCUT2D eigenvalue weighted by molar-refractivity contribution is 0.0599. The van der Waals surface area contributed by atoms with Gasteiger partial charge in [0.15, 0.2) is 0 Å². The number of hydrogen-bond acceptors (Lipinski definition) is 4. The molecular weight excluding hydrogens is 338 g/mol. The molecule has 0 saturated heterocycles. The summed E-state index contributed by atoms with van der Waals surface area (Å²) >= 11 is 0. The zero-order valence-electron chi connectivity index (χ0n) is 15.4. The van der Waals surface area contributed by atoms with E-state index in [1.807, 2.05) is 62.4 Å². The highest BCUT2D eigenvalue weighted by molar-refractivity contribution is 5.94. The van der Waals surface area contributed by atoms with Crippen LogP contribution in [0.5, 0.6) is 0 Å². The maximum absolute atomic E-state index is 12.2. The van der Waals surface area contributed by atoms with Gasteiger partial charge in [0.05, 0.1) is 35.1 Å². The van der Waals surface area contributed by atoms with Crippen LogP contribution in [0.15, 0.2) is 54.6 Å². The van der Waals surface area contributed by atoms with Gasteiger partial charge in [0.1, 0.15) is 5.82 Å². The highest BCUT2D eigenvalue weighted by atomic mass is 16.5. The van der Waals surface area contributed by atoms with E-state index in [0.717, 1.165) is 27.9 Å². The average Bonchev–Trinajstić information content (AvgIpc) is 3.11. The monoisotopic (exact) mass is 357 g/mol. The molecule has 0 radical (unpaired) electrons. The van der Waals surface area contributed by atoms with Crippen LogP contribution in [0.2, 0.25) is 0 Å². The van der Waals surface area contributed by atoms with Crippen molar-refractivity contribution in [2.75, 3.05) is 7.11 Å². The molecule has 2 aromatic heterocycles. The lowest BCUT2D eigenvalue weighted by atomic mass is 10.0. The van der Waals surface area contributed by atoms with Crippen molar-refractivity contribution in [3.63, 3.8) is 0 Å². The van der Waals surface area contributed by atoms with Crippen molar-refractivity contribution in [1.29, 1.82) is 0 Å². The Morgan fingerprint density at radius 3 is 2.44 bits per heavy atom. The van der Waals surface area contributed by atoms with E-state index < -0.39 is 5.97 Å². The van der Waals surface area contributed by atoms with Crippen molar-refractivity contribution in [2.45, 2.75) is 13.8 Å². The second-order valence-corrected chi connectivity index (χ2v) is 6.48. The number of ether oxygens (including phenoxy) is 1. The van der Waals surface area contributed by atoms with Gasteiger partial charge < -0.3 is 9.72 Å². The standard InChI is InChI=1S/C22H19N3O2/c1-13-8-10-15(11-9-13)20-17(12-16(14(2)23-20)22(26)27-3)21-24-18-6-4-5-7-19(18)25-21/h4-12H,1-3H3,(H,24,25). The molecule has 2 heterocycles. The summed E-state index contributed by atoms with van der Waals surface area (Å²) in [6, 6.07) is 17.8. The van der Waals surface area contributed by atoms with Gasteiger partial charge in [0.2, 0.25) is 0 Å². The Kier molecular flexibility index (Phi) is 4.20. The van der Waals surface area contributed by atoms with E-state index >= 15 is 0 Å². The molecule has 5 nitrogen and oxygen atoms in total. The van der Waals surface area contributed by atoms with Crippen LogP contribution in [0.25, 0.3) is 33.7 Å². The predicted molar refractivity (Wildman–Crippen MR) is 106 cm³/mol. The lowest BCUT2D eigenvalue weighted by Crippen LogP contribution is -2.07. The number of carbonyl (C=O) groups is 1. The van der Waals surface area contributed by atoms with Crippen molar-refractivity contribution in [3.05, 3.63) is 71.4 Å². The Hall–Kier alpha value is -3.47. The van der Waals surface area contributed by atoms with Gasteiger partial charge in [-0.15, -0.1) is 0 Å². The molecule has 1 N–H and O–H groups in total. The number of H-pyrrole nitrogens is 1. The molecular formula is C22H19N3O2. The largest absolute Gasteiger partial charge is 0.465 e. The number of carbonyl (C=O) groups excluding carboxylic acids is 1. The van der Waals surface area contributed by atoms with Crippen LogP contribution >= 0.6 is 0 Å². The van der Waals surface area contributed by atoms with Crippen molar-refractivity contribution in [2.24, 2.45) is 0 Å². The minimum Gasteiger partial charge on any atom is -0.465 e. The molecule has 0 fully saturated rings. The smallest absolute Gasteiger partial charge is 0.339 e. The van der Waals surface area contributed by atoms with Crippen LogP contribution < -0.4 is 0 Å².